The number of hydrogen-bond acceptors (Lipinski definition) is 3. The van der Waals surface area contributed by atoms with Crippen LogP contribution in [0.3, 0.4) is 0 Å². The molecule has 2 aliphatic rings. The molecule has 2 fully saturated rings. The predicted octanol–water partition coefficient (Wildman–Crippen LogP) is 2.44. The second-order valence-corrected chi connectivity index (χ2v) is 7.02. The fraction of sp³-hybridized carbons (Fsp3) is 0.632. The highest BCUT2D eigenvalue weighted by Gasteiger charge is 2.32. The van der Waals surface area contributed by atoms with E-state index < -0.39 is 0 Å². The SMILES string of the molecule is C[C@H]1C[C@@H](C(=O)N2CCC(COCc3ccccc3)C2)CCN1. The van der Waals surface area contributed by atoms with Crippen molar-refractivity contribution in [3.05, 3.63) is 35.9 Å². The molecule has 23 heavy (non-hydrogen) atoms. The van der Waals surface area contributed by atoms with Gasteiger partial charge in [0.05, 0.1) is 13.2 Å². The summed E-state index contributed by atoms with van der Waals surface area (Å²) in [6, 6.07) is 10.7. The quantitative estimate of drug-likeness (QED) is 0.907. The Morgan fingerprint density at radius 3 is 2.91 bits per heavy atom. The maximum atomic E-state index is 12.6. The fourth-order valence-electron chi connectivity index (χ4n) is 3.70. The molecule has 3 atom stereocenters. The van der Waals surface area contributed by atoms with Gasteiger partial charge < -0.3 is 15.0 Å². The molecule has 2 saturated heterocycles. The van der Waals surface area contributed by atoms with E-state index in [1.807, 2.05) is 18.2 Å². The summed E-state index contributed by atoms with van der Waals surface area (Å²) in [6.07, 6.45) is 3.03. The number of likely N-dealkylation sites (tertiary alicyclic amines) is 1. The van der Waals surface area contributed by atoms with Gasteiger partial charge in [-0.25, -0.2) is 0 Å². The van der Waals surface area contributed by atoms with E-state index in [9.17, 15) is 4.79 Å². The van der Waals surface area contributed by atoms with Gasteiger partial charge in [0.2, 0.25) is 5.91 Å². The van der Waals surface area contributed by atoms with Crippen molar-refractivity contribution >= 4 is 5.91 Å². The zero-order valence-electron chi connectivity index (χ0n) is 14.0. The van der Waals surface area contributed by atoms with Crippen LogP contribution in [0.1, 0.15) is 31.7 Å². The van der Waals surface area contributed by atoms with Crippen molar-refractivity contribution in [2.75, 3.05) is 26.2 Å². The Bertz CT molecular complexity index is 505. The Kier molecular flexibility index (Phi) is 5.68. The van der Waals surface area contributed by atoms with Crippen molar-refractivity contribution in [1.82, 2.24) is 10.2 Å². The Morgan fingerprint density at radius 1 is 1.30 bits per heavy atom. The van der Waals surface area contributed by atoms with Crippen LogP contribution in [0, 0.1) is 11.8 Å². The fourth-order valence-corrected chi connectivity index (χ4v) is 3.70. The predicted molar refractivity (Wildman–Crippen MR) is 91.0 cm³/mol. The molecular formula is C19H28N2O2. The van der Waals surface area contributed by atoms with Crippen LogP contribution in [0.4, 0.5) is 0 Å². The lowest BCUT2D eigenvalue weighted by molar-refractivity contribution is -0.135. The number of carbonyl (C=O) groups excluding carboxylic acids is 1. The van der Waals surface area contributed by atoms with Gasteiger partial charge in [0.25, 0.3) is 0 Å². The van der Waals surface area contributed by atoms with Gasteiger partial charge in [-0.05, 0) is 38.3 Å². The molecule has 0 saturated carbocycles. The second kappa shape index (κ2) is 7.93. The minimum Gasteiger partial charge on any atom is -0.376 e. The zero-order chi connectivity index (χ0) is 16.1. The maximum Gasteiger partial charge on any atom is 0.225 e. The Morgan fingerprint density at radius 2 is 2.13 bits per heavy atom. The monoisotopic (exact) mass is 316 g/mol. The summed E-state index contributed by atoms with van der Waals surface area (Å²) < 4.78 is 5.85. The summed E-state index contributed by atoms with van der Waals surface area (Å²) in [7, 11) is 0. The molecule has 1 unspecified atom stereocenters. The average molecular weight is 316 g/mol. The standard InChI is InChI=1S/C19H28N2O2/c1-15-11-18(7-9-20-15)19(22)21-10-8-17(12-21)14-23-13-16-5-3-2-4-6-16/h2-6,15,17-18,20H,7-14H2,1H3/t15-,17?,18-/m0/s1. The molecule has 1 aromatic rings. The largest absolute Gasteiger partial charge is 0.376 e. The topological polar surface area (TPSA) is 41.6 Å². The highest BCUT2D eigenvalue weighted by atomic mass is 16.5. The molecule has 0 aliphatic carbocycles. The van der Waals surface area contributed by atoms with E-state index in [4.69, 9.17) is 4.74 Å². The molecule has 2 heterocycles. The summed E-state index contributed by atoms with van der Waals surface area (Å²) in [5, 5.41) is 3.42. The molecule has 4 heteroatoms. The summed E-state index contributed by atoms with van der Waals surface area (Å²) >= 11 is 0. The molecule has 1 N–H and O–H groups in total. The lowest BCUT2D eigenvalue weighted by Gasteiger charge is -2.30. The first-order chi connectivity index (χ1) is 11.2. The van der Waals surface area contributed by atoms with E-state index in [1.54, 1.807) is 0 Å². The first-order valence-electron chi connectivity index (χ1n) is 8.86. The Balaban J connectivity index is 1.40. The van der Waals surface area contributed by atoms with Crippen LogP contribution in [-0.4, -0.2) is 43.1 Å². The lowest BCUT2D eigenvalue weighted by atomic mass is 9.92. The highest BCUT2D eigenvalue weighted by Crippen LogP contribution is 2.24. The summed E-state index contributed by atoms with van der Waals surface area (Å²) in [6.45, 7) is 6.32. The number of nitrogens with zero attached hydrogens (tertiary/aromatic N) is 1. The number of benzene rings is 1. The minimum absolute atomic E-state index is 0.218. The third-order valence-electron chi connectivity index (χ3n) is 5.04. The highest BCUT2D eigenvalue weighted by molar-refractivity contribution is 5.79. The van der Waals surface area contributed by atoms with Gasteiger partial charge in [0.15, 0.2) is 0 Å². The van der Waals surface area contributed by atoms with Crippen LogP contribution in [0.2, 0.25) is 0 Å². The summed E-state index contributed by atoms with van der Waals surface area (Å²) in [5.41, 5.74) is 1.21. The average Bonchev–Trinajstić information content (AvgIpc) is 3.04. The van der Waals surface area contributed by atoms with Gasteiger partial charge in [-0.15, -0.1) is 0 Å². The molecule has 4 nitrogen and oxygen atoms in total. The lowest BCUT2D eigenvalue weighted by Crippen LogP contribution is -2.43. The molecule has 2 aliphatic heterocycles. The Labute approximate surface area is 139 Å². The van der Waals surface area contributed by atoms with E-state index in [0.29, 0.717) is 24.5 Å². The molecule has 0 bridgehead atoms. The summed E-state index contributed by atoms with van der Waals surface area (Å²) in [5.74, 6) is 1.07. The normalized spacial score (nSPS) is 28.0. The van der Waals surface area contributed by atoms with Crippen molar-refractivity contribution < 1.29 is 9.53 Å². The van der Waals surface area contributed by atoms with Crippen molar-refractivity contribution in [2.45, 2.75) is 38.8 Å². The smallest absolute Gasteiger partial charge is 0.225 e. The van der Waals surface area contributed by atoms with E-state index >= 15 is 0 Å². The number of rotatable bonds is 5. The van der Waals surface area contributed by atoms with Gasteiger partial charge in [0.1, 0.15) is 0 Å². The van der Waals surface area contributed by atoms with E-state index in [1.165, 1.54) is 5.56 Å². The molecule has 3 rings (SSSR count). The molecule has 126 valence electrons. The molecule has 0 aromatic heterocycles. The number of piperidine rings is 1. The molecule has 0 radical (unpaired) electrons. The third kappa shape index (κ3) is 4.55. The van der Waals surface area contributed by atoms with Crippen LogP contribution in [-0.2, 0) is 16.1 Å². The van der Waals surface area contributed by atoms with E-state index in [-0.39, 0.29) is 5.92 Å². The van der Waals surface area contributed by atoms with Crippen molar-refractivity contribution in [1.29, 1.82) is 0 Å². The number of ether oxygens (including phenoxy) is 1. The van der Waals surface area contributed by atoms with Crippen LogP contribution in [0.15, 0.2) is 30.3 Å². The molecular weight excluding hydrogens is 288 g/mol. The first kappa shape index (κ1) is 16.5. The van der Waals surface area contributed by atoms with E-state index in [2.05, 4.69) is 29.3 Å². The van der Waals surface area contributed by atoms with Crippen LogP contribution < -0.4 is 5.32 Å². The second-order valence-electron chi connectivity index (χ2n) is 7.02. The minimum atomic E-state index is 0.218. The molecule has 0 spiro atoms. The van der Waals surface area contributed by atoms with Crippen LogP contribution >= 0.6 is 0 Å². The van der Waals surface area contributed by atoms with Crippen LogP contribution in [0.5, 0.6) is 0 Å². The summed E-state index contributed by atoms with van der Waals surface area (Å²) in [4.78, 5) is 14.7. The number of amides is 1. The number of hydrogen-bond donors (Lipinski definition) is 1. The van der Waals surface area contributed by atoms with Gasteiger partial charge in [-0.3, -0.25) is 4.79 Å². The number of nitrogens with one attached hydrogen (secondary N) is 1. The molecule has 1 amide bonds. The van der Waals surface area contributed by atoms with E-state index in [0.717, 1.165) is 45.5 Å². The van der Waals surface area contributed by atoms with Gasteiger partial charge in [-0.1, -0.05) is 30.3 Å². The van der Waals surface area contributed by atoms with Crippen LogP contribution in [0.25, 0.3) is 0 Å². The maximum absolute atomic E-state index is 12.6. The van der Waals surface area contributed by atoms with Crippen molar-refractivity contribution in [3.8, 4) is 0 Å². The Hall–Kier alpha value is -1.39. The first-order valence-corrected chi connectivity index (χ1v) is 8.86. The van der Waals surface area contributed by atoms with Crippen molar-refractivity contribution in [3.63, 3.8) is 0 Å². The van der Waals surface area contributed by atoms with Crippen molar-refractivity contribution in [2.24, 2.45) is 11.8 Å². The zero-order valence-corrected chi connectivity index (χ0v) is 14.0. The number of carbonyl (C=O) groups is 1. The van der Waals surface area contributed by atoms with Gasteiger partial charge >= 0.3 is 0 Å². The van der Waals surface area contributed by atoms with Gasteiger partial charge in [0, 0.05) is 31.0 Å². The molecule has 1 aromatic carbocycles. The third-order valence-corrected chi connectivity index (χ3v) is 5.04. The van der Waals surface area contributed by atoms with Gasteiger partial charge in [-0.2, -0.15) is 0 Å².